The van der Waals surface area contributed by atoms with Gasteiger partial charge in [0.15, 0.2) is 0 Å². The minimum atomic E-state index is 0.288. The van der Waals surface area contributed by atoms with E-state index in [-0.39, 0.29) is 6.04 Å². The number of aromatic nitrogens is 2. The molecule has 1 heterocycles. The first-order valence-corrected chi connectivity index (χ1v) is 4.69. The van der Waals surface area contributed by atoms with Crippen LogP contribution in [0.1, 0.15) is 32.5 Å². The third-order valence-corrected chi connectivity index (χ3v) is 1.86. The van der Waals surface area contributed by atoms with E-state index in [0.717, 1.165) is 12.2 Å². The Kier molecular flexibility index (Phi) is 3.83. The van der Waals surface area contributed by atoms with Gasteiger partial charge in [0.25, 0.3) is 0 Å². The molecular weight excluding hydrogens is 162 g/mol. The topological polar surface area (TPSA) is 37.8 Å². The van der Waals surface area contributed by atoms with Crippen molar-refractivity contribution in [1.29, 1.82) is 0 Å². The van der Waals surface area contributed by atoms with Crippen molar-refractivity contribution in [2.75, 3.05) is 6.54 Å². The van der Waals surface area contributed by atoms with Gasteiger partial charge in [0.1, 0.15) is 0 Å². The third-order valence-electron chi connectivity index (χ3n) is 1.86. The maximum absolute atomic E-state index is 4.23. The van der Waals surface area contributed by atoms with Gasteiger partial charge in [-0.2, -0.15) is 0 Å². The molecule has 1 atom stereocenters. The lowest BCUT2D eigenvalue weighted by molar-refractivity contribution is 0.489. The normalized spacial score (nSPS) is 13.2. The van der Waals surface area contributed by atoms with E-state index >= 15 is 0 Å². The molecule has 3 nitrogen and oxygen atoms in total. The Labute approximate surface area is 79.6 Å². The summed E-state index contributed by atoms with van der Waals surface area (Å²) in [6.45, 7) is 7.50. The maximum Gasteiger partial charge on any atom is 0.0753 e. The quantitative estimate of drug-likeness (QED) is 0.765. The van der Waals surface area contributed by atoms with E-state index in [9.17, 15) is 0 Å². The van der Waals surface area contributed by atoms with Gasteiger partial charge >= 0.3 is 0 Å². The summed E-state index contributed by atoms with van der Waals surface area (Å²) in [5, 5.41) is 3.40. The van der Waals surface area contributed by atoms with Crippen LogP contribution in [0, 0.1) is 5.92 Å². The summed E-state index contributed by atoms with van der Waals surface area (Å²) in [5.74, 6) is 0.666. The van der Waals surface area contributed by atoms with Crippen molar-refractivity contribution in [1.82, 2.24) is 15.3 Å². The van der Waals surface area contributed by atoms with E-state index in [0.29, 0.717) is 5.92 Å². The van der Waals surface area contributed by atoms with Gasteiger partial charge in [0, 0.05) is 24.6 Å². The van der Waals surface area contributed by atoms with Crippen molar-refractivity contribution in [2.45, 2.75) is 26.8 Å². The van der Waals surface area contributed by atoms with Crippen LogP contribution in [0.25, 0.3) is 0 Å². The zero-order chi connectivity index (χ0) is 9.68. The van der Waals surface area contributed by atoms with Gasteiger partial charge in [-0.05, 0) is 19.4 Å². The second-order valence-corrected chi connectivity index (χ2v) is 3.65. The molecule has 1 aromatic rings. The van der Waals surface area contributed by atoms with Gasteiger partial charge in [-0.25, -0.2) is 0 Å². The van der Waals surface area contributed by atoms with Crippen LogP contribution >= 0.6 is 0 Å². The standard InChI is InChI=1S/C10H17N3/c1-8(2)6-13-9(3)10-7-11-4-5-12-10/h4-5,7-9,13H,6H2,1-3H3. The molecule has 1 N–H and O–H groups in total. The molecule has 0 saturated carbocycles. The minimum absolute atomic E-state index is 0.288. The van der Waals surface area contributed by atoms with Crippen molar-refractivity contribution >= 4 is 0 Å². The van der Waals surface area contributed by atoms with E-state index in [1.54, 1.807) is 18.6 Å². The summed E-state index contributed by atoms with van der Waals surface area (Å²) in [7, 11) is 0. The van der Waals surface area contributed by atoms with Crippen LogP contribution in [0.3, 0.4) is 0 Å². The fourth-order valence-corrected chi connectivity index (χ4v) is 1.05. The molecule has 0 radical (unpaired) electrons. The Morgan fingerprint density at radius 2 is 2.08 bits per heavy atom. The van der Waals surface area contributed by atoms with Gasteiger partial charge in [0.2, 0.25) is 0 Å². The first-order chi connectivity index (χ1) is 6.20. The fourth-order valence-electron chi connectivity index (χ4n) is 1.05. The molecule has 3 heteroatoms. The molecule has 0 aromatic carbocycles. The first kappa shape index (κ1) is 10.1. The lowest BCUT2D eigenvalue weighted by Crippen LogP contribution is -2.23. The number of hydrogen-bond donors (Lipinski definition) is 1. The van der Waals surface area contributed by atoms with E-state index in [1.807, 2.05) is 0 Å². The van der Waals surface area contributed by atoms with Gasteiger partial charge in [-0.15, -0.1) is 0 Å². The lowest BCUT2D eigenvalue weighted by atomic mass is 10.2. The molecule has 0 spiro atoms. The summed E-state index contributed by atoms with van der Waals surface area (Å²) >= 11 is 0. The fraction of sp³-hybridized carbons (Fsp3) is 0.600. The Hall–Kier alpha value is -0.960. The highest BCUT2D eigenvalue weighted by molar-refractivity contribution is 5.00. The molecule has 0 fully saturated rings. The van der Waals surface area contributed by atoms with Crippen LogP contribution < -0.4 is 5.32 Å². The molecule has 1 unspecified atom stereocenters. The number of nitrogens with one attached hydrogen (secondary N) is 1. The van der Waals surface area contributed by atoms with Crippen LogP contribution in [0.15, 0.2) is 18.6 Å². The Morgan fingerprint density at radius 3 is 2.62 bits per heavy atom. The zero-order valence-corrected chi connectivity index (χ0v) is 8.49. The van der Waals surface area contributed by atoms with Crippen molar-refractivity contribution in [2.24, 2.45) is 5.92 Å². The monoisotopic (exact) mass is 179 g/mol. The zero-order valence-electron chi connectivity index (χ0n) is 8.49. The first-order valence-electron chi connectivity index (χ1n) is 4.69. The number of hydrogen-bond acceptors (Lipinski definition) is 3. The second kappa shape index (κ2) is 4.92. The summed E-state index contributed by atoms with van der Waals surface area (Å²) in [4.78, 5) is 8.26. The van der Waals surface area contributed by atoms with Crippen LogP contribution in [-0.4, -0.2) is 16.5 Å². The lowest BCUT2D eigenvalue weighted by Gasteiger charge is -2.14. The van der Waals surface area contributed by atoms with E-state index in [1.165, 1.54) is 0 Å². The second-order valence-electron chi connectivity index (χ2n) is 3.65. The predicted molar refractivity (Wildman–Crippen MR) is 53.3 cm³/mol. The minimum Gasteiger partial charge on any atom is -0.309 e. The molecule has 0 aliphatic rings. The van der Waals surface area contributed by atoms with E-state index in [2.05, 4.69) is 36.1 Å². The number of nitrogens with zero attached hydrogens (tertiary/aromatic N) is 2. The average molecular weight is 179 g/mol. The molecule has 0 aliphatic heterocycles. The SMILES string of the molecule is CC(C)CNC(C)c1cnccn1. The Bertz CT molecular complexity index is 233. The molecule has 0 aliphatic carbocycles. The Morgan fingerprint density at radius 1 is 1.31 bits per heavy atom. The average Bonchev–Trinajstić information content (AvgIpc) is 2.15. The van der Waals surface area contributed by atoms with Gasteiger partial charge < -0.3 is 5.32 Å². The molecule has 0 amide bonds. The summed E-state index contributed by atoms with van der Waals surface area (Å²) in [5.41, 5.74) is 1.00. The maximum atomic E-state index is 4.23. The molecule has 0 saturated heterocycles. The summed E-state index contributed by atoms with van der Waals surface area (Å²) in [6, 6.07) is 0.288. The summed E-state index contributed by atoms with van der Waals surface area (Å²) in [6.07, 6.45) is 5.22. The van der Waals surface area contributed by atoms with Crippen molar-refractivity contribution in [3.8, 4) is 0 Å². The summed E-state index contributed by atoms with van der Waals surface area (Å²) < 4.78 is 0. The Balaban J connectivity index is 2.44. The molecule has 72 valence electrons. The highest BCUT2D eigenvalue weighted by Gasteiger charge is 2.05. The molecule has 13 heavy (non-hydrogen) atoms. The largest absolute Gasteiger partial charge is 0.309 e. The van der Waals surface area contributed by atoms with Crippen molar-refractivity contribution in [3.63, 3.8) is 0 Å². The van der Waals surface area contributed by atoms with Crippen molar-refractivity contribution in [3.05, 3.63) is 24.3 Å². The van der Waals surface area contributed by atoms with Crippen molar-refractivity contribution < 1.29 is 0 Å². The van der Waals surface area contributed by atoms with Crippen LogP contribution in [0.5, 0.6) is 0 Å². The van der Waals surface area contributed by atoms with Gasteiger partial charge in [-0.1, -0.05) is 13.8 Å². The highest BCUT2D eigenvalue weighted by atomic mass is 14.9. The molecule has 0 bridgehead atoms. The van der Waals surface area contributed by atoms with Gasteiger partial charge in [0.05, 0.1) is 5.69 Å². The van der Waals surface area contributed by atoms with Crippen LogP contribution in [0.4, 0.5) is 0 Å². The third kappa shape index (κ3) is 3.51. The van der Waals surface area contributed by atoms with Crippen LogP contribution in [-0.2, 0) is 0 Å². The van der Waals surface area contributed by atoms with Crippen LogP contribution in [0.2, 0.25) is 0 Å². The highest BCUT2D eigenvalue weighted by Crippen LogP contribution is 2.06. The molecule has 1 rings (SSSR count). The molecule has 1 aromatic heterocycles. The number of rotatable bonds is 4. The van der Waals surface area contributed by atoms with E-state index < -0.39 is 0 Å². The molecular formula is C10H17N3. The van der Waals surface area contributed by atoms with Gasteiger partial charge in [-0.3, -0.25) is 9.97 Å². The van der Waals surface area contributed by atoms with E-state index in [4.69, 9.17) is 0 Å². The smallest absolute Gasteiger partial charge is 0.0753 e. The predicted octanol–water partition coefficient (Wildman–Crippen LogP) is 1.78.